The Labute approximate surface area is 172 Å². The van der Waals surface area contributed by atoms with Crippen LogP contribution in [-0.2, 0) is 26.0 Å². The molecule has 0 bridgehead atoms. The number of amides is 2. The van der Waals surface area contributed by atoms with E-state index in [1.807, 2.05) is 11.4 Å². The van der Waals surface area contributed by atoms with Crippen molar-refractivity contribution >= 4 is 33.2 Å². The molecule has 8 nitrogen and oxygen atoms in total. The van der Waals surface area contributed by atoms with E-state index in [1.165, 1.54) is 16.2 Å². The topological polar surface area (TPSA) is 113 Å². The van der Waals surface area contributed by atoms with E-state index in [0.717, 1.165) is 33.4 Å². The normalized spacial score (nSPS) is 17.4. The van der Waals surface area contributed by atoms with Crippen LogP contribution in [-0.4, -0.2) is 61.8 Å². The Balaban J connectivity index is 1.90. The molecule has 1 aromatic heterocycles. The molecule has 1 atom stereocenters. The zero-order chi connectivity index (χ0) is 21.0. The molecule has 0 spiro atoms. The number of hydrogen-bond donors (Lipinski definition) is 2. The molecule has 11 heteroatoms. The van der Waals surface area contributed by atoms with Gasteiger partial charge in [0.15, 0.2) is 6.17 Å². The van der Waals surface area contributed by atoms with Crippen LogP contribution in [0, 0.1) is 5.82 Å². The van der Waals surface area contributed by atoms with E-state index in [-0.39, 0.29) is 43.4 Å². The minimum atomic E-state index is -4.12. The van der Waals surface area contributed by atoms with Crippen LogP contribution in [0.2, 0.25) is 0 Å². The zero-order valence-electron chi connectivity index (χ0n) is 15.5. The van der Waals surface area contributed by atoms with Gasteiger partial charge in [0.25, 0.3) is 5.91 Å². The lowest BCUT2D eigenvalue weighted by molar-refractivity contribution is -0.140. The molecule has 2 amide bonds. The van der Waals surface area contributed by atoms with Crippen molar-refractivity contribution in [2.75, 3.05) is 26.2 Å². The van der Waals surface area contributed by atoms with Gasteiger partial charge in [-0.15, -0.1) is 11.3 Å². The third-order valence-corrected chi connectivity index (χ3v) is 7.20. The monoisotopic (exact) mass is 440 g/mol. The number of carbonyl (C=O) groups excluding carboxylic acids is 2. The fraction of sp³-hybridized carbons (Fsp3) is 0.333. The molecule has 29 heavy (non-hydrogen) atoms. The number of sulfonamides is 1. The molecule has 1 aliphatic heterocycles. The Hall–Kier alpha value is -2.34. The number of nitrogens with two attached hydrogens (primary N) is 1. The maximum Gasteiger partial charge on any atom is 0.259 e. The second-order valence-electron chi connectivity index (χ2n) is 6.37. The predicted octanol–water partition coefficient (Wildman–Crippen LogP) is 0.364. The fourth-order valence-electron chi connectivity index (χ4n) is 3.08. The summed E-state index contributed by atoms with van der Waals surface area (Å²) in [5.41, 5.74) is 5.42. The van der Waals surface area contributed by atoms with Crippen LogP contribution in [0.15, 0.2) is 46.7 Å². The van der Waals surface area contributed by atoms with Crippen molar-refractivity contribution in [1.29, 1.82) is 0 Å². The van der Waals surface area contributed by atoms with Crippen molar-refractivity contribution < 1.29 is 22.4 Å². The summed E-state index contributed by atoms with van der Waals surface area (Å²) in [5, 5.41) is 4.40. The van der Waals surface area contributed by atoms with E-state index in [0.29, 0.717) is 0 Å². The van der Waals surface area contributed by atoms with Gasteiger partial charge in [0.2, 0.25) is 15.9 Å². The summed E-state index contributed by atoms with van der Waals surface area (Å²) in [7, 11) is -4.12. The highest BCUT2D eigenvalue weighted by molar-refractivity contribution is 7.89. The van der Waals surface area contributed by atoms with Gasteiger partial charge in [-0.2, -0.15) is 4.31 Å². The highest BCUT2D eigenvalue weighted by Crippen LogP contribution is 2.26. The minimum Gasteiger partial charge on any atom is -0.352 e. The Bertz CT molecular complexity index is 964. The first-order chi connectivity index (χ1) is 13.8. The van der Waals surface area contributed by atoms with Gasteiger partial charge in [0.1, 0.15) is 5.82 Å². The second-order valence-corrected chi connectivity index (χ2v) is 9.29. The lowest BCUT2D eigenvalue weighted by Gasteiger charge is -2.28. The largest absolute Gasteiger partial charge is 0.352 e. The van der Waals surface area contributed by atoms with Crippen molar-refractivity contribution in [3.63, 3.8) is 0 Å². The van der Waals surface area contributed by atoms with Crippen LogP contribution in [0.3, 0.4) is 0 Å². The maximum absolute atomic E-state index is 13.2. The van der Waals surface area contributed by atoms with Gasteiger partial charge in [0, 0.05) is 31.1 Å². The van der Waals surface area contributed by atoms with Crippen molar-refractivity contribution in [3.05, 3.63) is 52.5 Å². The Morgan fingerprint density at radius 3 is 2.55 bits per heavy atom. The van der Waals surface area contributed by atoms with Crippen molar-refractivity contribution in [2.24, 2.45) is 5.73 Å². The van der Waals surface area contributed by atoms with Crippen molar-refractivity contribution in [1.82, 2.24) is 14.5 Å². The van der Waals surface area contributed by atoms with Crippen LogP contribution in [0.4, 0.5) is 4.39 Å². The molecule has 1 saturated heterocycles. The summed E-state index contributed by atoms with van der Waals surface area (Å²) in [4.78, 5) is 27.5. The second kappa shape index (κ2) is 8.99. The van der Waals surface area contributed by atoms with Crippen LogP contribution >= 0.6 is 11.3 Å². The van der Waals surface area contributed by atoms with Gasteiger partial charge >= 0.3 is 0 Å². The number of benzene rings is 1. The quantitative estimate of drug-likeness (QED) is 0.646. The van der Waals surface area contributed by atoms with Crippen LogP contribution in [0.1, 0.15) is 4.88 Å². The SMILES string of the molecule is NCCNC(=O)C1N(C(=O)Cc2cccs2)CCN1S(=O)(=O)c1ccc(F)cc1. The summed E-state index contributed by atoms with van der Waals surface area (Å²) in [6.07, 6.45) is -1.26. The molecular weight excluding hydrogens is 419 g/mol. The summed E-state index contributed by atoms with van der Waals surface area (Å²) in [6, 6.07) is 7.95. The molecule has 0 radical (unpaired) electrons. The van der Waals surface area contributed by atoms with Crippen LogP contribution in [0.5, 0.6) is 0 Å². The summed E-state index contributed by atoms with van der Waals surface area (Å²) in [5.74, 6) is -1.55. The third-order valence-electron chi connectivity index (χ3n) is 4.45. The molecule has 0 saturated carbocycles. The first-order valence-electron chi connectivity index (χ1n) is 8.91. The number of hydrogen-bond acceptors (Lipinski definition) is 6. The molecule has 3 N–H and O–H groups in total. The van der Waals surface area contributed by atoms with Gasteiger partial charge in [-0.3, -0.25) is 9.59 Å². The van der Waals surface area contributed by atoms with E-state index in [4.69, 9.17) is 5.73 Å². The van der Waals surface area contributed by atoms with Crippen molar-refractivity contribution in [2.45, 2.75) is 17.5 Å². The molecule has 2 aromatic rings. The van der Waals surface area contributed by atoms with Crippen LogP contribution in [0.25, 0.3) is 0 Å². The van der Waals surface area contributed by atoms with E-state index < -0.39 is 27.9 Å². The van der Waals surface area contributed by atoms with Gasteiger partial charge in [0.05, 0.1) is 11.3 Å². The predicted molar refractivity (Wildman–Crippen MR) is 106 cm³/mol. The molecule has 2 heterocycles. The number of nitrogens with zero attached hydrogens (tertiary/aromatic N) is 2. The first-order valence-corrected chi connectivity index (χ1v) is 11.2. The van der Waals surface area contributed by atoms with Gasteiger partial charge in [-0.1, -0.05) is 6.07 Å². The van der Waals surface area contributed by atoms with E-state index in [2.05, 4.69) is 5.32 Å². The van der Waals surface area contributed by atoms with Crippen LogP contribution < -0.4 is 11.1 Å². The number of thiophene rings is 1. The lowest BCUT2D eigenvalue weighted by Crippen LogP contribution is -2.54. The summed E-state index contributed by atoms with van der Waals surface area (Å²) < 4.78 is 40.3. The maximum atomic E-state index is 13.2. The zero-order valence-corrected chi connectivity index (χ0v) is 17.1. The molecule has 1 aromatic carbocycles. The average molecular weight is 441 g/mol. The van der Waals surface area contributed by atoms with E-state index in [9.17, 15) is 22.4 Å². The fourth-order valence-corrected chi connectivity index (χ4v) is 5.32. The van der Waals surface area contributed by atoms with Gasteiger partial charge < -0.3 is 16.0 Å². The molecule has 156 valence electrons. The molecule has 1 unspecified atom stereocenters. The Kier molecular flexibility index (Phi) is 6.63. The number of halogens is 1. The Morgan fingerprint density at radius 1 is 1.21 bits per heavy atom. The average Bonchev–Trinajstić information content (AvgIpc) is 3.36. The Morgan fingerprint density at radius 2 is 1.93 bits per heavy atom. The number of carbonyl (C=O) groups is 2. The molecule has 1 aliphatic rings. The molecular formula is C18H21FN4O4S2. The standard InChI is InChI=1S/C18H21FN4O4S2/c19-13-3-5-15(6-4-13)29(26,27)23-10-9-22(18(23)17(25)21-8-7-20)16(24)12-14-2-1-11-28-14/h1-6,11,18H,7-10,12,20H2,(H,21,25). The van der Waals surface area contributed by atoms with E-state index in [1.54, 1.807) is 6.07 Å². The smallest absolute Gasteiger partial charge is 0.259 e. The first kappa shape index (κ1) is 21.4. The van der Waals surface area contributed by atoms with Gasteiger partial charge in [-0.25, -0.2) is 12.8 Å². The molecule has 1 fully saturated rings. The van der Waals surface area contributed by atoms with Gasteiger partial charge in [-0.05, 0) is 35.7 Å². The van der Waals surface area contributed by atoms with Crippen molar-refractivity contribution in [3.8, 4) is 0 Å². The minimum absolute atomic E-state index is 0.0450. The van der Waals surface area contributed by atoms with E-state index >= 15 is 0 Å². The number of nitrogens with one attached hydrogen (secondary N) is 1. The highest BCUT2D eigenvalue weighted by Gasteiger charge is 2.46. The highest BCUT2D eigenvalue weighted by atomic mass is 32.2. The summed E-state index contributed by atoms with van der Waals surface area (Å²) in [6.45, 7) is 0.348. The third kappa shape index (κ3) is 4.64. The summed E-state index contributed by atoms with van der Waals surface area (Å²) >= 11 is 1.41. The molecule has 3 rings (SSSR count). The molecule has 0 aliphatic carbocycles. The number of rotatable bonds is 7. The lowest BCUT2D eigenvalue weighted by atomic mass is 10.3.